The lowest BCUT2D eigenvalue weighted by atomic mass is 10.2. The Balaban J connectivity index is 1.26. The largest absolute Gasteiger partial charge is 0.508 e. The molecule has 1 fully saturated rings. The Kier molecular flexibility index (Phi) is 10.5. The third-order valence-corrected chi connectivity index (χ3v) is 7.07. The van der Waals surface area contributed by atoms with Crippen molar-refractivity contribution in [1.29, 1.82) is 0 Å². The van der Waals surface area contributed by atoms with Crippen molar-refractivity contribution in [3.8, 4) is 23.0 Å². The molecule has 0 atom stereocenters. The molecule has 0 amide bonds. The van der Waals surface area contributed by atoms with E-state index in [1.54, 1.807) is 18.2 Å². The molecule has 0 saturated carbocycles. The average Bonchev–Trinajstić information content (AvgIpc) is 3.01. The number of anilines is 2. The summed E-state index contributed by atoms with van der Waals surface area (Å²) in [6.45, 7) is 4.80. The van der Waals surface area contributed by atoms with Crippen LogP contribution in [-0.4, -0.2) is 83.7 Å². The molecule has 0 radical (unpaired) electrons. The van der Waals surface area contributed by atoms with Crippen molar-refractivity contribution in [2.24, 2.45) is 0 Å². The van der Waals surface area contributed by atoms with Gasteiger partial charge in [0, 0.05) is 49.3 Å². The maximum absolute atomic E-state index is 13.7. The van der Waals surface area contributed by atoms with Gasteiger partial charge in [-0.15, -0.1) is 0 Å². The minimum atomic E-state index is -0.676. The SMILES string of the molecule is O=C(OCCCOc1cc2ncnc(Nc3ccc(F)c(Cl)c3)c2cc1OCCCN1CCOCC1)c1cc(O)cc(O)c1. The van der Waals surface area contributed by atoms with Crippen LogP contribution in [0.5, 0.6) is 23.0 Å². The van der Waals surface area contributed by atoms with Gasteiger partial charge in [0.1, 0.15) is 29.5 Å². The van der Waals surface area contributed by atoms with E-state index >= 15 is 0 Å². The number of hydrogen-bond acceptors (Lipinski definition) is 11. The van der Waals surface area contributed by atoms with E-state index in [0.29, 0.717) is 46.9 Å². The standard InChI is InChI=1S/C31H32ClFN4O7/c32-25-15-21(3-4-26(25)33)36-30-24-17-28(42-8-1-5-37-6-11-41-12-7-37)29(18-27(24)34-19-35-30)43-9-2-10-44-31(40)20-13-22(38)16-23(39)14-20/h3-4,13-19,38-39H,1-2,5-12H2,(H,34,35,36). The number of halogens is 2. The molecule has 2 heterocycles. The number of hydrogen-bond donors (Lipinski definition) is 3. The minimum Gasteiger partial charge on any atom is -0.508 e. The molecule has 3 N–H and O–H groups in total. The Morgan fingerprint density at radius 3 is 2.43 bits per heavy atom. The molecule has 1 aromatic heterocycles. The first-order valence-corrected chi connectivity index (χ1v) is 14.5. The predicted molar refractivity (Wildman–Crippen MR) is 162 cm³/mol. The summed E-state index contributed by atoms with van der Waals surface area (Å²) < 4.78 is 36.6. The second-order valence-electron chi connectivity index (χ2n) is 10.0. The molecule has 3 aromatic carbocycles. The molecular weight excluding hydrogens is 595 g/mol. The molecule has 1 aliphatic heterocycles. The lowest BCUT2D eigenvalue weighted by Crippen LogP contribution is -2.37. The van der Waals surface area contributed by atoms with E-state index in [0.717, 1.165) is 45.3 Å². The van der Waals surface area contributed by atoms with Crippen molar-refractivity contribution in [2.45, 2.75) is 12.8 Å². The summed E-state index contributed by atoms with van der Waals surface area (Å²) in [5.41, 5.74) is 1.18. The van der Waals surface area contributed by atoms with Crippen molar-refractivity contribution in [2.75, 3.05) is 58.0 Å². The summed E-state index contributed by atoms with van der Waals surface area (Å²) in [7, 11) is 0. The summed E-state index contributed by atoms with van der Waals surface area (Å²) in [6.07, 6.45) is 2.57. The van der Waals surface area contributed by atoms with Gasteiger partial charge in [0.25, 0.3) is 0 Å². The second kappa shape index (κ2) is 14.9. The highest BCUT2D eigenvalue weighted by Crippen LogP contribution is 2.35. The first-order chi connectivity index (χ1) is 21.4. The van der Waals surface area contributed by atoms with Gasteiger partial charge in [0.05, 0.1) is 49.1 Å². The van der Waals surface area contributed by atoms with Crippen molar-refractivity contribution in [1.82, 2.24) is 14.9 Å². The van der Waals surface area contributed by atoms with Gasteiger partial charge < -0.3 is 34.5 Å². The number of nitrogens with zero attached hydrogens (tertiary/aromatic N) is 3. The fourth-order valence-corrected chi connectivity index (χ4v) is 4.78. The van der Waals surface area contributed by atoms with Gasteiger partial charge in [0.2, 0.25) is 0 Å². The van der Waals surface area contributed by atoms with Crippen LogP contribution in [0.15, 0.2) is 54.9 Å². The Morgan fingerprint density at radius 1 is 0.955 bits per heavy atom. The molecule has 0 aliphatic carbocycles. The van der Waals surface area contributed by atoms with Crippen LogP contribution in [-0.2, 0) is 9.47 Å². The number of phenols is 2. The van der Waals surface area contributed by atoms with E-state index < -0.39 is 11.8 Å². The Labute approximate surface area is 258 Å². The molecular formula is C31H32ClFN4O7. The average molecular weight is 627 g/mol. The summed E-state index contributed by atoms with van der Waals surface area (Å²) >= 11 is 5.96. The van der Waals surface area contributed by atoms with E-state index in [9.17, 15) is 19.4 Å². The molecule has 0 unspecified atom stereocenters. The van der Waals surface area contributed by atoms with Crippen LogP contribution in [0.25, 0.3) is 10.9 Å². The zero-order valence-electron chi connectivity index (χ0n) is 23.8. The molecule has 11 nitrogen and oxygen atoms in total. The van der Waals surface area contributed by atoms with Gasteiger partial charge in [-0.25, -0.2) is 19.2 Å². The van der Waals surface area contributed by atoms with Crippen molar-refractivity contribution >= 4 is 40.0 Å². The zero-order valence-corrected chi connectivity index (χ0v) is 24.6. The third kappa shape index (κ3) is 8.37. The van der Waals surface area contributed by atoms with Crippen LogP contribution < -0.4 is 14.8 Å². The smallest absolute Gasteiger partial charge is 0.338 e. The maximum atomic E-state index is 13.7. The van der Waals surface area contributed by atoms with Crippen molar-refractivity contribution in [3.63, 3.8) is 0 Å². The Hall–Kier alpha value is -4.39. The molecule has 1 saturated heterocycles. The number of aromatic hydroxyl groups is 2. The number of fused-ring (bicyclic) bond motifs is 1. The second-order valence-corrected chi connectivity index (χ2v) is 10.4. The van der Waals surface area contributed by atoms with E-state index in [2.05, 4.69) is 20.2 Å². The molecule has 0 bridgehead atoms. The molecule has 44 heavy (non-hydrogen) atoms. The Morgan fingerprint density at radius 2 is 1.68 bits per heavy atom. The topological polar surface area (TPSA) is 136 Å². The lowest BCUT2D eigenvalue weighted by molar-refractivity contribution is 0.0357. The quantitative estimate of drug-likeness (QED) is 0.132. The first-order valence-electron chi connectivity index (χ1n) is 14.1. The number of carbonyl (C=O) groups is 1. The van der Waals surface area contributed by atoms with Crippen molar-refractivity contribution in [3.05, 3.63) is 71.3 Å². The number of esters is 1. The highest BCUT2D eigenvalue weighted by Gasteiger charge is 2.15. The van der Waals surface area contributed by atoms with Crippen LogP contribution in [0.3, 0.4) is 0 Å². The number of phenolic OH excluding ortho intramolecular Hbond substituents is 2. The minimum absolute atomic E-state index is 0.0147. The van der Waals surface area contributed by atoms with Crippen LogP contribution in [0.4, 0.5) is 15.9 Å². The van der Waals surface area contributed by atoms with Crippen LogP contribution >= 0.6 is 11.6 Å². The maximum Gasteiger partial charge on any atom is 0.338 e. The van der Waals surface area contributed by atoms with Gasteiger partial charge >= 0.3 is 5.97 Å². The van der Waals surface area contributed by atoms with Gasteiger partial charge in [-0.2, -0.15) is 0 Å². The number of carbonyl (C=O) groups excluding carboxylic acids is 1. The van der Waals surface area contributed by atoms with Gasteiger partial charge in [-0.1, -0.05) is 11.6 Å². The highest BCUT2D eigenvalue weighted by atomic mass is 35.5. The highest BCUT2D eigenvalue weighted by molar-refractivity contribution is 6.31. The fraction of sp³-hybridized carbons (Fsp3) is 0.323. The molecule has 13 heteroatoms. The third-order valence-electron chi connectivity index (χ3n) is 6.78. The van der Waals surface area contributed by atoms with Crippen LogP contribution in [0.1, 0.15) is 23.2 Å². The zero-order chi connectivity index (χ0) is 30.9. The molecule has 232 valence electrons. The van der Waals surface area contributed by atoms with E-state index in [-0.39, 0.29) is 35.3 Å². The fourth-order valence-electron chi connectivity index (χ4n) is 4.60. The number of rotatable bonds is 13. The van der Waals surface area contributed by atoms with E-state index in [1.807, 2.05) is 0 Å². The van der Waals surface area contributed by atoms with Gasteiger partial charge in [-0.05, 0) is 42.8 Å². The summed E-state index contributed by atoms with van der Waals surface area (Å²) in [4.78, 5) is 23.4. The van der Waals surface area contributed by atoms with Crippen LogP contribution in [0, 0.1) is 5.82 Å². The van der Waals surface area contributed by atoms with Crippen LogP contribution in [0.2, 0.25) is 5.02 Å². The van der Waals surface area contributed by atoms with Gasteiger partial charge in [-0.3, -0.25) is 4.90 Å². The van der Waals surface area contributed by atoms with Gasteiger partial charge in [0.15, 0.2) is 11.5 Å². The number of morpholine rings is 1. The number of benzene rings is 3. The lowest BCUT2D eigenvalue weighted by Gasteiger charge is -2.26. The monoisotopic (exact) mass is 626 g/mol. The van der Waals surface area contributed by atoms with E-state index in [4.69, 9.17) is 30.5 Å². The number of aromatic nitrogens is 2. The predicted octanol–water partition coefficient (Wildman–Crippen LogP) is 5.30. The molecule has 1 aliphatic rings. The molecule has 4 aromatic rings. The molecule has 0 spiro atoms. The summed E-state index contributed by atoms with van der Waals surface area (Å²) in [5, 5.41) is 23.0. The van der Waals surface area contributed by atoms with E-state index in [1.165, 1.54) is 30.6 Å². The first kappa shape index (κ1) is 31.0. The number of ether oxygens (including phenoxy) is 4. The summed E-state index contributed by atoms with van der Waals surface area (Å²) in [6, 6.07) is 11.4. The number of nitrogens with one attached hydrogen (secondary N) is 1. The normalized spacial score (nSPS) is 13.5. The van der Waals surface area contributed by atoms with Crippen molar-refractivity contribution < 1.29 is 38.3 Å². The molecule has 5 rings (SSSR count). The summed E-state index contributed by atoms with van der Waals surface area (Å²) in [5.74, 6) is -0.245. The Bertz CT molecular complexity index is 1580.